The molecule has 0 saturated carbocycles. The van der Waals surface area contributed by atoms with E-state index in [9.17, 15) is 4.79 Å². The predicted molar refractivity (Wildman–Crippen MR) is 51.5 cm³/mol. The highest BCUT2D eigenvalue weighted by Gasteiger charge is 2.00. The minimum Gasteiger partial charge on any atom is -0.396 e. The lowest BCUT2D eigenvalue weighted by molar-refractivity contribution is -0.119. The van der Waals surface area contributed by atoms with Crippen LogP contribution in [0.1, 0.15) is 18.4 Å². The molecule has 0 aliphatic rings. The molecule has 2 heteroatoms. The van der Waals surface area contributed by atoms with Crippen molar-refractivity contribution in [3.05, 3.63) is 35.9 Å². The van der Waals surface area contributed by atoms with Gasteiger partial charge in [0, 0.05) is 19.4 Å². The van der Waals surface area contributed by atoms with Gasteiger partial charge in [-0.25, -0.2) is 0 Å². The van der Waals surface area contributed by atoms with Gasteiger partial charge < -0.3 is 5.11 Å². The Balaban J connectivity index is 2.31. The summed E-state index contributed by atoms with van der Waals surface area (Å²) in [5, 5.41) is 8.51. The highest BCUT2D eigenvalue weighted by molar-refractivity contribution is 5.78. The first-order valence-corrected chi connectivity index (χ1v) is 4.49. The Morgan fingerprint density at radius 1 is 1.15 bits per heavy atom. The van der Waals surface area contributed by atoms with E-state index in [-0.39, 0.29) is 18.8 Å². The van der Waals surface area contributed by atoms with Crippen LogP contribution in [0.5, 0.6) is 0 Å². The lowest BCUT2D eigenvalue weighted by Crippen LogP contribution is -2.02. The van der Waals surface area contributed by atoms with Gasteiger partial charge in [0.1, 0.15) is 5.78 Å². The maximum absolute atomic E-state index is 11.1. The van der Waals surface area contributed by atoms with Crippen LogP contribution in [0.25, 0.3) is 0 Å². The number of ketones is 1. The van der Waals surface area contributed by atoms with Gasteiger partial charge in [-0.3, -0.25) is 4.79 Å². The van der Waals surface area contributed by atoms with E-state index in [0.29, 0.717) is 6.42 Å². The van der Waals surface area contributed by atoms with E-state index in [0.717, 1.165) is 6.42 Å². The van der Waals surface area contributed by atoms with Crippen molar-refractivity contribution in [1.82, 2.24) is 0 Å². The molecule has 0 bridgehead atoms. The monoisotopic (exact) mass is 178 g/mol. The van der Waals surface area contributed by atoms with Crippen LogP contribution in [0.2, 0.25) is 0 Å². The third-order valence-corrected chi connectivity index (χ3v) is 1.93. The van der Waals surface area contributed by atoms with Crippen molar-refractivity contribution < 1.29 is 9.90 Å². The fourth-order valence-electron chi connectivity index (χ4n) is 1.18. The number of carbonyl (C=O) groups is 1. The first kappa shape index (κ1) is 9.93. The second-order valence-electron chi connectivity index (χ2n) is 3.00. The molecule has 0 aliphatic heterocycles. The van der Waals surface area contributed by atoms with Crippen LogP contribution in [-0.4, -0.2) is 17.5 Å². The van der Waals surface area contributed by atoms with Crippen molar-refractivity contribution in [2.45, 2.75) is 19.3 Å². The van der Waals surface area contributed by atoms with Gasteiger partial charge in [-0.15, -0.1) is 0 Å². The number of benzene rings is 1. The number of carbonyl (C=O) groups excluding carboxylic acids is 1. The normalized spacial score (nSPS) is 9.92. The van der Waals surface area contributed by atoms with E-state index in [4.69, 9.17) is 5.11 Å². The van der Waals surface area contributed by atoms with Gasteiger partial charge in [0.2, 0.25) is 0 Å². The van der Waals surface area contributed by atoms with E-state index in [1.807, 2.05) is 30.3 Å². The zero-order chi connectivity index (χ0) is 9.52. The Morgan fingerprint density at radius 2 is 1.85 bits per heavy atom. The van der Waals surface area contributed by atoms with Crippen molar-refractivity contribution in [1.29, 1.82) is 0 Å². The summed E-state index contributed by atoms with van der Waals surface area (Å²) in [6.45, 7) is -0.0341. The van der Waals surface area contributed by atoms with Crippen molar-refractivity contribution in [3.8, 4) is 0 Å². The van der Waals surface area contributed by atoms with E-state index in [1.54, 1.807) is 0 Å². The number of hydrogen-bond donors (Lipinski definition) is 1. The maximum atomic E-state index is 11.1. The van der Waals surface area contributed by atoms with Crippen molar-refractivity contribution in [3.63, 3.8) is 0 Å². The van der Waals surface area contributed by atoms with Crippen molar-refractivity contribution in [2.24, 2.45) is 0 Å². The largest absolute Gasteiger partial charge is 0.396 e. The number of Topliss-reactive ketones (excluding diaryl/α,β-unsaturated/α-hetero) is 1. The first-order valence-electron chi connectivity index (χ1n) is 4.49. The molecule has 0 heterocycles. The number of rotatable bonds is 5. The maximum Gasteiger partial charge on any atom is 0.135 e. The van der Waals surface area contributed by atoms with Gasteiger partial charge in [0.25, 0.3) is 0 Å². The SMILES string of the molecule is O=C(CCO)CCc1ccccc1. The molecular formula is C11H14O2. The number of hydrogen-bond acceptors (Lipinski definition) is 2. The van der Waals surface area contributed by atoms with Gasteiger partial charge in [0.15, 0.2) is 0 Å². The summed E-state index contributed by atoms with van der Waals surface area (Å²) in [6.07, 6.45) is 1.59. The van der Waals surface area contributed by atoms with Crippen LogP contribution in [0.4, 0.5) is 0 Å². The van der Waals surface area contributed by atoms with Crippen molar-refractivity contribution >= 4 is 5.78 Å². The standard InChI is InChI=1S/C11H14O2/c12-9-8-11(13)7-6-10-4-2-1-3-5-10/h1-5,12H,6-9H2. The topological polar surface area (TPSA) is 37.3 Å². The van der Waals surface area contributed by atoms with E-state index < -0.39 is 0 Å². The van der Waals surface area contributed by atoms with Crippen LogP contribution in [0.15, 0.2) is 30.3 Å². The fourth-order valence-corrected chi connectivity index (χ4v) is 1.18. The van der Waals surface area contributed by atoms with Crippen LogP contribution >= 0.6 is 0 Å². The number of aryl methyl sites for hydroxylation is 1. The van der Waals surface area contributed by atoms with Crippen molar-refractivity contribution in [2.75, 3.05) is 6.61 Å². The zero-order valence-electron chi connectivity index (χ0n) is 7.57. The predicted octanol–water partition coefficient (Wildman–Crippen LogP) is 1.57. The molecule has 0 radical (unpaired) electrons. The van der Waals surface area contributed by atoms with Gasteiger partial charge in [-0.1, -0.05) is 30.3 Å². The molecule has 1 N–H and O–H groups in total. The average Bonchev–Trinajstić information content (AvgIpc) is 2.17. The fraction of sp³-hybridized carbons (Fsp3) is 0.364. The van der Waals surface area contributed by atoms with Gasteiger partial charge in [0.05, 0.1) is 0 Å². The number of aliphatic hydroxyl groups is 1. The third kappa shape index (κ3) is 3.85. The Labute approximate surface area is 78.2 Å². The minimum absolute atomic E-state index is 0.0341. The Morgan fingerprint density at radius 3 is 2.46 bits per heavy atom. The zero-order valence-corrected chi connectivity index (χ0v) is 7.57. The summed E-state index contributed by atoms with van der Waals surface area (Å²) >= 11 is 0. The average molecular weight is 178 g/mol. The van der Waals surface area contributed by atoms with E-state index in [1.165, 1.54) is 5.56 Å². The Kier molecular flexibility index (Phi) is 4.19. The molecule has 1 rings (SSSR count). The molecule has 0 aromatic heterocycles. The summed E-state index contributed by atoms with van der Waals surface area (Å²) < 4.78 is 0. The smallest absolute Gasteiger partial charge is 0.135 e. The molecule has 1 aromatic rings. The summed E-state index contributed by atoms with van der Waals surface area (Å²) in [4.78, 5) is 11.1. The summed E-state index contributed by atoms with van der Waals surface area (Å²) in [6, 6.07) is 9.90. The molecular weight excluding hydrogens is 164 g/mol. The first-order chi connectivity index (χ1) is 6.33. The highest BCUT2D eigenvalue weighted by atomic mass is 16.3. The quantitative estimate of drug-likeness (QED) is 0.743. The molecule has 2 nitrogen and oxygen atoms in total. The molecule has 0 atom stereocenters. The summed E-state index contributed by atoms with van der Waals surface area (Å²) in [5.74, 6) is 0.131. The van der Waals surface area contributed by atoms with E-state index >= 15 is 0 Å². The molecule has 0 fully saturated rings. The van der Waals surface area contributed by atoms with Crippen LogP contribution < -0.4 is 0 Å². The Bertz CT molecular complexity index is 254. The lowest BCUT2D eigenvalue weighted by Gasteiger charge is -1.99. The molecule has 13 heavy (non-hydrogen) atoms. The summed E-state index contributed by atoms with van der Waals surface area (Å²) in [7, 11) is 0. The molecule has 0 aliphatic carbocycles. The third-order valence-electron chi connectivity index (χ3n) is 1.93. The Hall–Kier alpha value is -1.15. The molecule has 0 unspecified atom stereocenters. The molecule has 0 spiro atoms. The van der Waals surface area contributed by atoms with Gasteiger partial charge in [-0.2, -0.15) is 0 Å². The lowest BCUT2D eigenvalue weighted by atomic mass is 10.1. The van der Waals surface area contributed by atoms with Gasteiger partial charge >= 0.3 is 0 Å². The summed E-state index contributed by atoms with van der Waals surface area (Å²) in [5.41, 5.74) is 1.17. The molecule has 1 aromatic carbocycles. The molecule has 0 saturated heterocycles. The molecule has 0 amide bonds. The second-order valence-corrected chi connectivity index (χ2v) is 3.00. The molecule has 70 valence electrons. The highest BCUT2D eigenvalue weighted by Crippen LogP contribution is 2.03. The van der Waals surface area contributed by atoms with Gasteiger partial charge in [-0.05, 0) is 12.0 Å². The van der Waals surface area contributed by atoms with Crippen LogP contribution in [-0.2, 0) is 11.2 Å². The second kappa shape index (κ2) is 5.49. The minimum atomic E-state index is -0.0341. The van der Waals surface area contributed by atoms with E-state index in [2.05, 4.69) is 0 Å². The number of aliphatic hydroxyl groups excluding tert-OH is 1. The van der Waals surface area contributed by atoms with Crippen LogP contribution in [0.3, 0.4) is 0 Å². The van der Waals surface area contributed by atoms with Crippen LogP contribution in [0, 0.1) is 0 Å².